The molecule has 2 aromatic rings. The highest BCUT2D eigenvalue weighted by Gasteiger charge is 2.05. The highest BCUT2D eigenvalue weighted by atomic mass is 35.5. The van der Waals surface area contributed by atoms with Crippen LogP contribution in [-0.4, -0.2) is 12.0 Å². The van der Waals surface area contributed by atoms with E-state index in [0.717, 1.165) is 17.1 Å². The van der Waals surface area contributed by atoms with Crippen molar-refractivity contribution in [2.45, 2.75) is 5.88 Å². The summed E-state index contributed by atoms with van der Waals surface area (Å²) in [5.74, 6) is 1.28. The lowest BCUT2D eigenvalue weighted by Crippen LogP contribution is -2.11. The fourth-order valence-electron chi connectivity index (χ4n) is 1.61. The minimum Gasteiger partial charge on any atom is -0.329 e. The minimum atomic E-state index is 0.459. The molecular weight excluding hydrogens is 246 g/mol. The van der Waals surface area contributed by atoms with Crippen molar-refractivity contribution >= 4 is 23.1 Å². The maximum atomic E-state index is 8.88. The first-order valence-electron chi connectivity index (χ1n) is 5.49. The van der Waals surface area contributed by atoms with Crippen LogP contribution in [0, 0.1) is 11.3 Å². The van der Waals surface area contributed by atoms with Crippen molar-refractivity contribution in [2.24, 2.45) is 0 Å². The molecule has 0 saturated carbocycles. The van der Waals surface area contributed by atoms with E-state index in [0.29, 0.717) is 11.4 Å². The Morgan fingerprint density at radius 1 is 1.33 bits per heavy atom. The van der Waals surface area contributed by atoms with E-state index >= 15 is 0 Å². The monoisotopic (exact) mass is 257 g/mol. The molecule has 1 aromatic carbocycles. The number of alkyl halides is 1. The van der Waals surface area contributed by atoms with Gasteiger partial charge in [-0.25, -0.2) is 4.98 Å². The lowest BCUT2D eigenvalue weighted by atomic mass is 10.2. The van der Waals surface area contributed by atoms with Crippen LogP contribution in [0.4, 0.5) is 11.5 Å². The van der Waals surface area contributed by atoms with E-state index in [1.165, 1.54) is 0 Å². The zero-order valence-corrected chi connectivity index (χ0v) is 10.7. The van der Waals surface area contributed by atoms with Crippen molar-refractivity contribution in [2.75, 3.05) is 11.9 Å². The average molecular weight is 258 g/mol. The molecule has 3 nitrogen and oxygen atoms in total. The Morgan fingerprint density at radius 3 is 2.78 bits per heavy atom. The number of benzene rings is 1. The molecule has 0 saturated heterocycles. The first kappa shape index (κ1) is 12.4. The number of anilines is 2. The summed E-state index contributed by atoms with van der Waals surface area (Å²) in [6, 6.07) is 13.4. The third-order valence-corrected chi connectivity index (χ3v) is 2.98. The van der Waals surface area contributed by atoms with Gasteiger partial charge in [0.15, 0.2) is 0 Å². The highest BCUT2D eigenvalue weighted by Crippen LogP contribution is 2.22. The van der Waals surface area contributed by atoms with Crippen molar-refractivity contribution in [1.29, 1.82) is 5.26 Å². The molecule has 0 N–H and O–H groups in total. The van der Waals surface area contributed by atoms with Gasteiger partial charge in [-0.15, -0.1) is 11.6 Å². The molecule has 0 fully saturated rings. The van der Waals surface area contributed by atoms with Crippen LogP contribution in [0.5, 0.6) is 0 Å². The van der Waals surface area contributed by atoms with Crippen LogP contribution in [0.2, 0.25) is 0 Å². The highest BCUT2D eigenvalue weighted by molar-refractivity contribution is 6.17. The van der Waals surface area contributed by atoms with Crippen LogP contribution in [0.15, 0.2) is 42.6 Å². The normalized spacial score (nSPS) is 9.83. The molecule has 0 unspecified atom stereocenters. The third kappa shape index (κ3) is 2.61. The molecule has 1 aromatic heterocycles. The lowest BCUT2D eigenvalue weighted by molar-refractivity contribution is 1.11. The standard InChI is InChI=1S/C14H12ClN3/c1-18(13-4-2-3-11(7-13)9-16)14-6-5-12(8-15)10-17-14/h2-7,10H,8H2,1H3. The summed E-state index contributed by atoms with van der Waals surface area (Å²) in [4.78, 5) is 6.27. The number of nitriles is 1. The first-order chi connectivity index (χ1) is 8.74. The molecule has 0 spiro atoms. The Balaban J connectivity index is 2.29. The fourth-order valence-corrected chi connectivity index (χ4v) is 1.77. The number of pyridine rings is 1. The van der Waals surface area contributed by atoms with E-state index in [1.54, 1.807) is 12.3 Å². The number of halogens is 1. The minimum absolute atomic E-state index is 0.459. The van der Waals surface area contributed by atoms with E-state index in [4.69, 9.17) is 16.9 Å². The van der Waals surface area contributed by atoms with Gasteiger partial charge in [0.05, 0.1) is 11.6 Å². The Bertz CT molecular complexity index is 572. The summed E-state index contributed by atoms with van der Waals surface area (Å²) in [7, 11) is 1.92. The summed E-state index contributed by atoms with van der Waals surface area (Å²) in [6.07, 6.45) is 1.76. The van der Waals surface area contributed by atoms with E-state index in [-0.39, 0.29) is 0 Å². The molecule has 18 heavy (non-hydrogen) atoms. The summed E-state index contributed by atoms with van der Waals surface area (Å²) < 4.78 is 0. The average Bonchev–Trinajstić information content (AvgIpc) is 2.46. The molecule has 0 aliphatic heterocycles. The van der Waals surface area contributed by atoms with Gasteiger partial charge in [0.1, 0.15) is 5.82 Å². The zero-order valence-electron chi connectivity index (χ0n) is 9.97. The zero-order chi connectivity index (χ0) is 13.0. The van der Waals surface area contributed by atoms with Crippen LogP contribution < -0.4 is 4.90 Å². The molecule has 0 aliphatic carbocycles. The predicted octanol–water partition coefficient (Wildman–Crippen LogP) is 3.46. The number of rotatable bonds is 3. The van der Waals surface area contributed by atoms with E-state index < -0.39 is 0 Å². The van der Waals surface area contributed by atoms with Gasteiger partial charge in [0.25, 0.3) is 0 Å². The van der Waals surface area contributed by atoms with Crippen LogP contribution in [0.1, 0.15) is 11.1 Å². The van der Waals surface area contributed by atoms with Gasteiger partial charge in [0.2, 0.25) is 0 Å². The van der Waals surface area contributed by atoms with Crippen LogP contribution in [0.25, 0.3) is 0 Å². The third-order valence-electron chi connectivity index (χ3n) is 2.67. The largest absolute Gasteiger partial charge is 0.329 e. The second-order valence-corrected chi connectivity index (χ2v) is 4.15. The van der Waals surface area contributed by atoms with Gasteiger partial charge in [-0.2, -0.15) is 5.26 Å². The van der Waals surface area contributed by atoms with Crippen LogP contribution in [-0.2, 0) is 5.88 Å². The molecule has 0 radical (unpaired) electrons. The molecule has 0 atom stereocenters. The fraction of sp³-hybridized carbons (Fsp3) is 0.143. The van der Waals surface area contributed by atoms with Crippen molar-refractivity contribution in [3.05, 3.63) is 53.7 Å². The Kier molecular flexibility index (Phi) is 3.81. The van der Waals surface area contributed by atoms with E-state index in [2.05, 4.69) is 11.1 Å². The molecule has 90 valence electrons. The van der Waals surface area contributed by atoms with Gasteiger partial charge in [-0.05, 0) is 29.8 Å². The Morgan fingerprint density at radius 2 is 2.17 bits per heavy atom. The molecule has 1 heterocycles. The van der Waals surface area contributed by atoms with Crippen LogP contribution in [0.3, 0.4) is 0 Å². The number of hydrogen-bond donors (Lipinski definition) is 0. The van der Waals surface area contributed by atoms with Gasteiger partial charge in [-0.3, -0.25) is 0 Å². The van der Waals surface area contributed by atoms with Gasteiger partial charge in [0, 0.05) is 24.8 Å². The lowest BCUT2D eigenvalue weighted by Gasteiger charge is -2.18. The van der Waals surface area contributed by atoms with Gasteiger partial charge in [-0.1, -0.05) is 12.1 Å². The maximum Gasteiger partial charge on any atom is 0.132 e. The second-order valence-electron chi connectivity index (χ2n) is 3.88. The first-order valence-corrected chi connectivity index (χ1v) is 6.03. The van der Waals surface area contributed by atoms with Crippen LogP contribution >= 0.6 is 11.6 Å². The van der Waals surface area contributed by atoms with Gasteiger partial charge >= 0.3 is 0 Å². The molecule has 2 rings (SSSR count). The number of nitrogens with zero attached hydrogens (tertiary/aromatic N) is 3. The molecular formula is C14H12ClN3. The summed E-state index contributed by atoms with van der Waals surface area (Å²) >= 11 is 5.73. The van der Waals surface area contributed by atoms with Crippen molar-refractivity contribution in [3.63, 3.8) is 0 Å². The van der Waals surface area contributed by atoms with Gasteiger partial charge < -0.3 is 4.90 Å². The molecule has 0 bridgehead atoms. The second kappa shape index (κ2) is 5.52. The molecule has 0 aliphatic rings. The predicted molar refractivity (Wildman–Crippen MR) is 73.0 cm³/mol. The Labute approximate surface area is 111 Å². The smallest absolute Gasteiger partial charge is 0.132 e. The topological polar surface area (TPSA) is 39.9 Å². The van der Waals surface area contributed by atoms with E-state index in [9.17, 15) is 0 Å². The number of hydrogen-bond acceptors (Lipinski definition) is 3. The SMILES string of the molecule is CN(c1cccc(C#N)c1)c1ccc(CCl)cn1. The quantitative estimate of drug-likeness (QED) is 0.791. The van der Waals surface area contributed by atoms with Crippen molar-refractivity contribution < 1.29 is 0 Å². The molecule has 4 heteroatoms. The van der Waals surface area contributed by atoms with Crippen molar-refractivity contribution in [3.8, 4) is 6.07 Å². The van der Waals surface area contributed by atoms with Crippen molar-refractivity contribution in [1.82, 2.24) is 4.98 Å². The summed E-state index contributed by atoms with van der Waals surface area (Å²) in [5, 5.41) is 8.88. The van der Waals surface area contributed by atoms with E-state index in [1.807, 2.05) is 42.3 Å². The summed E-state index contributed by atoms with van der Waals surface area (Å²) in [5.41, 5.74) is 2.55. The maximum absolute atomic E-state index is 8.88. The molecule has 0 amide bonds. The number of aromatic nitrogens is 1. The Hall–Kier alpha value is -2.05. The summed E-state index contributed by atoms with van der Waals surface area (Å²) in [6.45, 7) is 0.